The molecule has 0 radical (unpaired) electrons. The van der Waals surface area contributed by atoms with Gasteiger partial charge in [-0.25, -0.2) is 4.90 Å². The Hall–Kier alpha value is -3.93. The van der Waals surface area contributed by atoms with Crippen LogP contribution in [0.5, 0.6) is 5.75 Å². The lowest BCUT2D eigenvalue weighted by Gasteiger charge is -2.23. The highest BCUT2D eigenvalue weighted by Gasteiger charge is 2.38. The van der Waals surface area contributed by atoms with Gasteiger partial charge < -0.3 is 9.64 Å². The molecule has 0 saturated carbocycles. The third-order valence-corrected chi connectivity index (χ3v) is 5.97. The highest BCUT2D eigenvalue weighted by molar-refractivity contribution is 6.34. The quantitative estimate of drug-likeness (QED) is 0.577. The summed E-state index contributed by atoms with van der Waals surface area (Å²) in [7, 11) is 0. The molecule has 0 N–H and O–H groups in total. The van der Waals surface area contributed by atoms with Crippen molar-refractivity contribution in [2.45, 2.75) is 26.3 Å². The number of ether oxygens (including phenoxy) is 1. The molecule has 0 spiro atoms. The average molecular weight is 426 g/mol. The number of rotatable bonds is 4. The van der Waals surface area contributed by atoms with E-state index in [-0.39, 0.29) is 17.5 Å². The number of amides is 3. The van der Waals surface area contributed by atoms with E-state index in [9.17, 15) is 14.4 Å². The predicted octanol–water partition coefficient (Wildman–Crippen LogP) is 4.48. The van der Waals surface area contributed by atoms with Crippen LogP contribution in [0.4, 0.5) is 11.4 Å². The van der Waals surface area contributed by atoms with Gasteiger partial charge in [-0.05, 0) is 74.4 Å². The van der Waals surface area contributed by atoms with Crippen molar-refractivity contribution in [3.05, 3.63) is 89.0 Å². The van der Waals surface area contributed by atoms with Gasteiger partial charge in [-0.15, -0.1) is 0 Å². The second kappa shape index (κ2) is 7.64. The van der Waals surface area contributed by atoms with E-state index < -0.39 is 11.8 Å². The van der Waals surface area contributed by atoms with Crippen molar-refractivity contribution in [3.63, 3.8) is 0 Å². The number of benzene rings is 3. The molecule has 0 bridgehead atoms. The molecule has 3 aromatic carbocycles. The minimum Gasteiger partial charge on any atom is -0.494 e. The summed E-state index contributed by atoms with van der Waals surface area (Å²) in [5.74, 6) is -0.336. The number of hydrogen-bond acceptors (Lipinski definition) is 4. The lowest BCUT2D eigenvalue weighted by molar-refractivity contribution is 0.0925. The van der Waals surface area contributed by atoms with Gasteiger partial charge in [0.1, 0.15) is 5.75 Å². The molecule has 32 heavy (non-hydrogen) atoms. The Balaban J connectivity index is 1.46. The molecule has 6 heteroatoms. The van der Waals surface area contributed by atoms with Crippen molar-refractivity contribution in [2.75, 3.05) is 16.4 Å². The van der Waals surface area contributed by atoms with E-state index in [1.807, 2.05) is 38.1 Å². The van der Waals surface area contributed by atoms with Gasteiger partial charge in [-0.2, -0.15) is 0 Å². The zero-order valence-corrected chi connectivity index (χ0v) is 17.9. The predicted molar refractivity (Wildman–Crippen MR) is 122 cm³/mol. The Morgan fingerprint density at radius 1 is 0.969 bits per heavy atom. The van der Waals surface area contributed by atoms with Gasteiger partial charge in [0.2, 0.25) is 0 Å². The minimum absolute atomic E-state index is 0.0193. The molecule has 0 saturated heterocycles. The summed E-state index contributed by atoms with van der Waals surface area (Å²) in [5, 5.41) is 0. The molecule has 2 heterocycles. The van der Waals surface area contributed by atoms with Crippen LogP contribution in [0.25, 0.3) is 0 Å². The fourth-order valence-electron chi connectivity index (χ4n) is 4.48. The first kappa shape index (κ1) is 20.0. The number of para-hydroxylation sites is 1. The number of imide groups is 1. The van der Waals surface area contributed by atoms with Crippen LogP contribution in [-0.4, -0.2) is 30.4 Å². The number of fused-ring (bicyclic) bond motifs is 2. The second-order valence-corrected chi connectivity index (χ2v) is 7.99. The van der Waals surface area contributed by atoms with Gasteiger partial charge in [0.25, 0.3) is 17.7 Å². The SMILES string of the molecule is CCOc1ccc(N2C(=O)c3ccc(C(=O)N4c5ccccc5C[C@@H]4C)cc3C2=O)cc1. The fourth-order valence-corrected chi connectivity index (χ4v) is 4.48. The molecule has 0 aromatic heterocycles. The van der Waals surface area contributed by atoms with Crippen LogP contribution < -0.4 is 14.5 Å². The summed E-state index contributed by atoms with van der Waals surface area (Å²) in [4.78, 5) is 42.3. The Labute approximate surface area is 186 Å². The summed E-state index contributed by atoms with van der Waals surface area (Å²) < 4.78 is 5.43. The van der Waals surface area contributed by atoms with Crippen LogP contribution >= 0.6 is 0 Å². The van der Waals surface area contributed by atoms with Crippen LogP contribution in [0, 0.1) is 0 Å². The highest BCUT2D eigenvalue weighted by Crippen LogP contribution is 2.35. The Morgan fingerprint density at radius 3 is 2.44 bits per heavy atom. The molecular formula is C26H22N2O4. The summed E-state index contributed by atoms with van der Waals surface area (Å²) in [5.41, 5.74) is 3.42. The van der Waals surface area contributed by atoms with E-state index in [0.29, 0.717) is 29.2 Å². The van der Waals surface area contributed by atoms with Crippen molar-refractivity contribution in [1.82, 2.24) is 0 Å². The van der Waals surface area contributed by atoms with Gasteiger partial charge in [-0.1, -0.05) is 18.2 Å². The van der Waals surface area contributed by atoms with Crippen molar-refractivity contribution in [3.8, 4) is 5.75 Å². The number of anilines is 2. The van der Waals surface area contributed by atoms with Crippen LogP contribution in [0.3, 0.4) is 0 Å². The van der Waals surface area contributed by atoms with Gasteiger partial charge in [0.05, 0.1) is 23.4 Å². The molecular weight excluding hydrogens is 404 g/mol. The maximum absolute atomic E-state index is 13.4. The Kier molecular flexibility index (Phi) is 4.78. The van der Waals surface area contributed by atoms with Crippen LogP contribution in [-0.2, 0) is 6.42 Å². The molecule has 3 amide bonds. The molecule has 0 aliphatic carbocycles. The van der Waals surface area contributed by atoms with Gasteiger partial charge in [-0.3, -0.25) is 14.4 Å². The number of carbonyl (C=O) groups is 3. The maximum atomic E-state index is 13.4. The third kappa shape index (κ3) is 3.07. The molecule has 0 unspecified atom stereocenters. The Morgan fingerprint density at radius 2 is 1.69 bits per heavy atom. The van der Waals surface area contributed by atoms with E-state index in [2.05, 4.69) is 0 Å². The summed E-state index contributed by atoms with van der Waals surface area (Å²) in [6.07, 6.45) is 0.787. The number of carbonyl (C=O) groups excluding carboxylic acids is 3. The number of nitrogens with zero attached hydrogens (tertiary/aromatic N) is 2. The normalized spacial score (nSPS) is 16.9. The number of hydrogen-bond donors (Lipinski definition) is 0. The average Bonchev–Trinajstić information content (AvgIpc) is 3.27. The van der Waals surface area contributed by atoms with E-state index in [1.165, 1.54) is 0 Å². The minimum atomic E-state index is -0.432. The monoisotopic (exact) mass is 426 g/mol. The Bertz CT molecular complexity index is 1250. The molecule has 0 fully saturated rings. The lowest BCUT2D eigenvalue weighted by atomic mass is 10.0. The van der Waals surface area contributed by atoms with E-state index in [4.69, 9.17) is 4.74 Å². The lowest BCUT2D eigenvalue weighted by Crippen LogP contribution is -2.35. The van der Waals surface area contributed by atoms with E-state index in [1.54, 1.807) is 47.4 Å². The summed E-state index contributed by atoms with van der Waals surface area (Å²) in [6, 6.07) is 19.4. The molecule has 6 nitrogen and oxygen atoms in total. The van der Waals surface area contributed by atoms with Crippen molar-refractivity contribution < 1.29 is 19.1 Å². The second-order valence-electron chi connectivity index (χ2n) is 7.99. The maximum Gasteiger partial charge on any atom is 0.266 e. The van der Waals surface area contributed by atoms with Crippen LogP contribution in [0.15, 0.2) is 66.7 Å². The molecule has 2 aliphatic heterocycles. The van der Waals surface area contributed by atoms with Gasteiger partial charge in [0, 0.05) is 17.3 Å². The van der Waals surface area contributed by atoms with Gasteiger partial charge in [0.15, 0.2) is 0 Å². The van der Waals surface area contributed by atoms with E-state index in [0.717, 1.165) is 22.6 Å². The fraction of sp³-hybridized carbons (Fsp3) is 0.192. The first-order valence-electron chi connectivity index (χ1n) is 10.7. The zero-order chi connectivity index (χ0) is 22.4. The highest BCUT2D eigenvalue weighted by atomic mass is 16.5. The van der Waals surface area contributed by atoms with Crippen molar-refractivity contribution in [2.24, 2.45) is 0 Å². The molecule has 5 rings (SSSR count). The molecule has 1 atom stereocenters. The zero-order valence-electron chi connectivity index (χ0n) is 17.9. The van der Waals surface area contributed by atoms with Crippen molar-refractivity contribution >= 4 is 29.1 Å². The standard InChI is InChI=1S/C26H22N2O4/c1-3-32-20-11-9-19(10-12-20)28-25(30)21-13-8-18(15-22(21)26(28)31)24(29)27-16(2)14-17-6-4-5-7-23(17)27/h4-13,15-16H,3,14H2,1-2H3/t16-/m0/s1. The van der Waals surface area contributed by atoms with E-state index >= 15 is 0 Å². The van der Waals surface area contributed by atoms with Crippen molar-refractivity contribution in [1.29, 1.82) is 0 Å². The largest absolute Gasteiger partial charge is 0.494 e. The molecule has 160 valence electrons. The topological polar surface area (TPSA) is 66.9 Å². The van der Waals surface area contributed by atoms with Gasteiger partial charge >= 0.3 is 0 Å². The summed E-state index contributed by atoms with van der Waals surface area (Å²) in [6.45, 7) is 4.43. The first-order valence-corrected chi connectivity index (χ1v) is 10.7. The third-order valence-electron chi connectivity index (χ3n) is 5.97. The smallest absolute Gasteiger partial charge is 0.266 e. The first-order chi connectivity index (χ1) is 15.5. The summed E-state index contributed by atoms with van der Waals surface area (Å²) >= 11 is 0. The van der Waals surface area contributed by atoms with Crippen LogP contribution in [0.1, 0.15) is 50.5 Å². The molecule has 3 aromatic rings. The molecule has 2 aliphatic rings. The van der Waals surface area contributed by atoms with Crippen LogP contribution in [0.2, 0.25) is 0 Å².